The van der Waals surface area contributed by atoms with E-state index < -0.39 is 8.07 Å². The number of benzene rings is 1. The molecule has 0 spiro atoms. The Morgan fingerprint density at radius 1 is 1.33 bits per heavy atom. The first-order chi connectivity index (χ1) is 8.47. The predicted molar refractivity (Wildman–Crippen MR) is 76.7 cm³/mol. The molecule has 2 rings (SSSR count). The highest BCUT2D eigenvalue weighted by atomic mass is 28.3. The van der Waals surface area contributed by atoms with Gasteiger partial charge in [0.2, 0.25) is 0 Å². The first-order valence-corrected chi connectivity index (χ1v) is 9.65. The van der Waals surface area contributed by atoms with E-state index in [2.05, 4.69) is 24.5 Å². The minimum absolute atomic E-state index is 0.153. The summed E-state index contributed by atoms with van der Waals surface area (Å²) in [6.07, 6.45) is 3.28. The highest BCUT2D eigenvalue weighted by Gasteiger charge is 2.25. The Hall–Kier alpha value is -1.29. The summed E-state index contributed by atoms with van der Waals surface area (Å²) >= 11 is 0. The van der Waals surface area contributed by atoms with Gasteiger partial charge in [-0.25, -0.2) is 4.39 Å². The molecule has 0 unspecified atom stereocenters. The van der Waals surface area contributed by atoms with Crippen molar-refractivity contribution in [2.24, 2.45) is 11.7 Å². The third-order valence-corrected chi connectivity index (χ3v) is 7.18. The van der Waals surface area contributed by atoms with E-state index in [9.17, 15) is 4.39 Å². The molecule has 0 fully saturated rings. The van der Waals surface area contributed by atoms with E-state index in [-0.39, 0.29) is 5.82 Å². The quantitative estimate of drug-likeness (QED) is 0.818. The third-order valence-electron chi connectivity index (χ3n) is 3.75. The number of rotatable bonds is 4. The summed E-state index contributed by atoms with van der Waals surface area (Å²) in [4.78, 5) is 0. The highest BCUT2D eigenvalue weighted by molar-refractivity contribution is 6.89. The first-order valence-electron chi connectivity index (χ1n) is 6.44. The molecule has 0 saturated carbocycles. The molecule has 1 aromatic rings. The van der Waals surface area contributed by atoms with Gasteiger partial charge in [-0.15, -0.1) is 0 Å². The first kappa shape index (κ1) is 13.1. The molecular weight excluding hydrogens is 243 g/mol. The van der Waals surface area contributed by atoms with Crippen LogP contribution < -0.4 is 16.2 Å². The number of halogens is 1. The van der Waals surface area contributed by atoms with Crippen molar-refractivity contribution >= 4 is 13.3 Å². The monoisotopic (exact) mass is 264 g/mol. The lowest BCUT2D eigenvalue weighted by Gasteiger charge is -2.24. The molecule has 18 heavy (non-hydrogen) atoms. The van der Waals surface area contributed by atoms with Crippen LogP contribution in [0.15, 0.2) is 36.2 Å². The maximum absolute atomic E-state index is 12.9. The smallest absolute Gasteiger partial charge is 0.123 e. The van der Waals surface area contributed by atoms with Gasteiger partial charge < -0.3 is 11.1 Å². The van der Waals surface area contributed by atoms with Gasteiger partial charge in [0, 0.05) is 6.54 Å². The lowest BCUT2D eigenvalue weighted by atomic mass is 10.1. The van der Waals surface area contributed by atoms with Crippen molar-refractivity contribution < 1.29 is 4.39 Å². The lowest BCUT2D eigenvalue weighted by molar-refractivity contribution is 0.625. The van der Waals surface area contributed by atoms with Crippen LogP contribution in [0.2, 0.25) is 19.1 Å². The Labute approximate surface area is 109 Å². The molecule has 1 heterocycles. The second-order valence-electron chi connectivity index (χ2n) is 5.69. The Balaban J connectivity index is 1.96. The molecule has 2 nitrogen and oxygen atoms in total. The van der Waals surface area contributed by atoms with Crippen LogP contribution >= 0.6 is 0 Å². The molecule has 0 saturated heterocycles. The van der Waals surface area contributed by atoms with Crippen LogP contribution in [-0.4, -0.2) is 14.6 Å². The Bertz CT molecular complexity index is 440. The minimum Gasteiger partial charge on any atom is -0.386 e. The Morgan fingerprint density at radius 2 is 2.00 bits per heavy atom. The summed E-state index contributed by atoms with van der Waals surface area (Å²) in [5.74, 6) is 1.21. The van der Waals surface area contributed by atoms with Gasteiger partial charge in [0.15, 0.2) is 0 Å². The molecule has 3 N–H and O–H groups in total. The Morgan fingerprint density at radius 3 is 2.56 bits per heavy atom. The van der Waals surface area contributed by atoms with Crippen molar-refractivity contribution in [3.05, 3.63) is 42.0 Å². The molecule has 98 valence electrons. The lowest BCUT2D eigenvalue weighted by Crippen LogP contribution is -2.41. The van der Waals surface area contributed by atoms with E-state index in [0.29, 0.717) is 5.92 Å². The van der Waals surface area contributed by atoms with E-state index in [4.69, 9.17) is 5.73 Å². The molecule has 1 aliphatic rings. The van der Waals surface area contributed by atoms with Crippen molar-refractivity contribution in [2.75, 3.05) is 6.54 Å². The van der Waals surface area contributed by atoms with Crippen LogP contribution in [0.5, 0.6) is 0 Å². The second kappa shape index (κ2) is 5.14. The number of hydrogen-bond acceptors (Lipinski definition) is 2. The van der Waals surface area contributed by atoms with E-state index in [1.807, 2.05) is 12.1 Å². The van der Waals surface area contributed by atoms with Gasteiger partial charge in [0.05, 0.1) is 13.9 Å². The highest BCUT2D eigenvalue weighted by Crippen LogP contribution is 2.20. The second-order valence-corrected chi connectivity index (χ2v) is 10.5. The van der Waals surface area contributed by atoms with Crippen molar-refractivity contribution in [1.29, 1.82) is 0 Å². The summed E-state index contributed by atoms with van der Waals surface area (Å²) in [7, 11) is -1.46. The summed E-state index contributed by atoms with van der Waals surface area (Å²) in [6.45, 7) is 5.64. The van der Waals surface area contributed by atoms with E-state index in [1.165, 1.54) is 11.2 Å². The molecule has 1 atom stereocenters. The fourth-order valence-corrected chi connectivity index (χ4v) is 4.85. The normalized spacial score (nSPS) is 19.5. The topological polar surface area (TPSA) is 38.0 Å². The van der Waals surface area contributed by atoms with Gasteiger partial charge >= 0.3 is 0 Å². The molecular formula is C14H21FN2Si. The molecule has 4 heteroatoms. The zero-order valence-electron chi connectivity index (χ0n) is 11.0. The fraction of sp³-hybridized carbons (Fsp3) is 0.429. The number of nitrogens with one attached hydrogen (secondary N) is 1. The van der Waals surface area contributed by atoms with Crippen molar-refractivity contribution in [2.45, 2.75) is 25.6 Å². The molecule has 0 aromatic heterocycles. The average molecular weight is 264 g/mol. The van der Waals surface area contributed by atoms with Crippen molar-refractivity contribution in [1.82, 2.24) is 5.32 Å². The van der Waals surface area contributed by atoms with Gasteiger partial charge in [-0.1, -0.05) is 36.5 Å². The fourth-order valence-electron chi connectivity index (χ4n) is 2.40. The van der Waals surface area contributed by atoms with Crippen LogP contribution in [0.3, 0.4) is 0 Å². The largest absolute Gasteiger partial charge is 0.386 e. The summed E-state index contributed by atoms with van der Waals surface area (Å²) in [5.41, 5.74) is 5.71. The van der Waals surface area contributed by atoms with Gasteiger partial charge in [-0.3, -0.25) is 0 Å². The standard InChI is InChI=1S/C14H21FN2Si/c1-18(2,13-5-3-12(15)4-6-13)8-7-11-9-14(16)17-10-11/h3-6,9,11,17H,7-8,10,16H2,1-2H3/t11-/m0/s1. The van der Waals surface area contributed by atoms with Crippen molar-refractivity contribution in [3.8, 4) is 0 Å². The van der Waals surface area contributed by atoms with Gasteiger partial charge in [-0.2, -0.15) is 0 Å². The predicted octanol–water partition coefficient (Wildman–Crippen LogP) is 2.15. The molecule has 0 amide bonds. The van der Waals surface area contributed by atoms with Crippen LogP contribution in [0.4, 0.5) is 4.39 Å². The van der Waals surface area contributed by atoms with E-state index in [0.717, 1.165) is 18.8 Å². The van der Waals surface area contributed by atoms with E-state index >= 15 is 0 Å². The molecule has 1 aliphatic heterocycles. The third kappa shape index (κ3) is 3.13. The minimum atomic E-state index is -1.46. The van der Waals surface area contributed by atoms with Crippen LogP contribution in [-0.2, 0) is 0 Å². The van der Waals surface area contributed by atoms with Crippen molar-refractivity contribution in [3.63, 3.8) is 0 Å². The van der Waals surface area contributed by atoms with Gasteiger partial charge in [0.25, 0.3) is 0 Å². The maximum Gasteiger partial charge on any atom is 0.123 e. The maximum atomic E-state index is 12.9. The molecule has 1 aromatic carbocycles. The summed E-state index contributed by atoms with van der Waals surface area (Å²) < 4.78 is 12.9. The SMILES string of the molecule is C[Si](C)(CC[C@H]1C=C(N)NC1)c1ccc(F)cc1. The molecule has 0 bridgehead atoms. The number of hydrogen-bond donors (Lipinski definition) is 2. The van der Waals surface area contributed by atoms with Gasteiger partial charge in [0.1, 0.15) is 5.82 Å². The van der Waals surface area contributed by atoms with Gasteiger partial charge in [-0.05, 0) is 30.5 Å². The van der Waals surface area contributed by atoms with Crippen LogP contribution in [0, 0.1) is 11.7 Å². The van der Waals surface area contributed by atoms with Crippen LogP contribution in [0.1, 0.15) is 6.42 Å². The van der Waals surface area contributed by atoms with Crippen LogP contribution in [0.25, 0.3) is 0 Å². The Kier molecular flexibility index (Phi) is 3.75. The zero-order chi connectivity index (χ0) is 13.2. The molecule has 0 radical (unpaired) electrons. The summed E-state index contributed by atoms with van der Waals surface area (Å²) in [6, 6.07) is 8.23. The zero-order valence-corrected chi connectivity index (χ0v) is 12.0. The van der Waals surface area contributed by atoms with E-state index in [1.54, 1.807) is 12.1 Å². The average Bonchev–Trinajstić information content (AvgIpc) is 2.73. The molecule has 0 aliphatic carbocycles. The summed E-state index contributed by atoms with van der Waals surface area (Å²) in [5, 5.41) is 4.48. The number of nitrogens with two attached hydrogens (primary N) is 1.